The van der Waals surface area contributed by atoms with E-state index in [9.17, 15) is 0 Å². The Morgan fingerprint density at radius 2 is 2.06 bits per heavy atom. The van der Waals surface area contributed by atoms with Crippen LogP contribution in [0.1, 0.15) is 55.4 Å². The highest BCUT2D eigenvalue weighted by molar-refractivity contribution is 14.0. The number of aromatic nitrogens is 3. The fraction of sp³-hybridized carbons (Fsp3) is 0.591. The minimum Gasteiger partial charge on any atom is -0.487 e. The van der Waals surface area contributed by atoms with Gasteiger partial charge < -0.3 is 24.7 Å². The summed E-state index contributed by atoms with van der Waals surface area (Å²) >= 11 is 0. The third-order valence-corrected chi connectivity index (χ3v) is 6.18. The van der Waals surface area contributed by atoms with Gasteiger partial charge in [-0.25, -0.2) is 4.99 Å². The first-order valence-electron chi connectivity index (χ1n) is 10.8. The lowest BCUT2D eigenvalue weighted by molar-refractivity contribution is 0.0395. The van der Waals surface area contributed by atoms with Crippen LogP contribution < -0.4 is 15.4 Å². The van der Waals surface area contributed by atoms with Gasteiger partial charge in [0.15, 0.2) is 11.8 Å². The second-order valence-electron chi connectivity index (χ2n) is 8.24. The largest absolute Gasteiger partial charge is 0.487 e. The number of guanidine groups is 1. The Kier molecular flexibility index (Phi) is 8.15. The fourth-order valence-corrected chi connectivity index (χ4v) is 4.40. The molecule has 1 spiro atoms. The van der Waals surface area contributed by atoms with E-state index in [1.807, 2.05) is 24.6 Å². The first kappa shape index (κ1) is 23.8. The maximum atomic E-state index is 6.50. The molecule has 1 aliphatic carbocycles. The maximum absolute atomic E-state index is 6.50. The lowest BCUT2D eigenvalue weighted by Gasteiger charge is -2.40. The average molecular weight is 540 g/mol. The highest BCUT2D eigenvalue weighted by Crippen LogP contribution is 2.46. The van der Waals surface area contributed by atoms with Gasteiger partial charge in [-0.1, -0.05) is 18.2 Å². The molecule has 31 heavy (non-hydrogen) atoms. The molecular weight excluding hydrogens is 507 g/mol. The van der Waals surface area contributed by atoms with E-state index in [0.717, 1.165) is 42.6 Å². The van der Waals surface area contributed by atoms with E-state index in [4.69, 9.17) is 14.5 Å². The van der Waals surface area contributed by atoms with Crippen molar-refractivity contribution < 1.29 is 9.47 Å². The summed E-state index contributed by atoms with van der Waals surface area (Å²) in [6, 6.07) is 8.49. The molecule has 170 valence electrons. The van der Waals surface area contributed by atoms with Crippen LogP contribution in [0.3, 0.4) is 0 Å². The van der Waals surface area contributed by atoms with Gasteiger partial charge in [0.2, 0.25) is 0 Å². The normalized spacial score (nSPS) is 19.5. The first-order chi connectivity index (χ1) is 14.6. The molecule has 1 aliphatic heterocycles. The molecule has 2 aromatic rings. The first-order valence-corrected chi connectivity index (χ1v) is 10.8. The lowest BCUT2D eigenvalue weighted by atomic mass is 9.86. The van der Waals surface area contributed by atoms with Crippen molar-refractivity contribution in [2.45, 2.75) is 57.2 Å². The molecule has 1 aromatic carbocycles. The molecule has 2 aliphatic rings. The van der Waals surface area contributed by atoms with Crippen LogP contribution in [0.5, 0.6) is 5.75 Å². The van der Waals surface area contributed by atoms with Crippen LogP contribution in [0.2, 0.25) is 0 Å². The minimum atomic E-state index is -0.0651. The average Bonchev–Trinajstić information content (AvgIpc) is 3.33. The standard InChI is InChI=1S/C22H32N6O2.HI/c1-16-26-27-20(28(16)2)15-24-21(23-12-13-29-3)25-18-14-22(10-6-7-11-22)30-19-9-5-4-8-17(18)19;/h4-5,8-9,18H,6-7,10-15H2,1-3H3,(H2,23,24,25);1H. The predicted molar refractivity (Wildman–Crippen MR) is 131 cm³/mol. The third-order valence-electron chi connectivity index (χ3n) is 6.18. The summed E-state index contributed by atoms with van der Waals surface area (Å²) in [5.41, 5.74) is 1.12. The second kappa shape index (κ2) is 10.6. The lowest BCUT2D eigenvalue weighted by Crippen LogP contribution is -2.47. The molecule has 8 nitrogen and oxygen atoms in total. The highest BCUT2D eigenvalue weighted by Gasteiger charge is 2.43. The predicted octanol–water partition coefficient (Wildman–Crippen LogP) is 3.26. The molecule has 1 saturated carbocycles. The monoisotopic (exact) mass is 540 g/mol. The van der Waals surface area contributed by atoms with E-state index < -0.39 is 0 Å². The Bertz CT molecular complexity index is 894. The van der Waals surface area contributed by atoms with Gasteiger partial charge >= 0.3 is 0 Å². The number of hydrogen-bond donors (Lipinski definition) is 2. The van der Waals surface area contributed by atoms with Crippen LogP contribution in [0.4, 0.5) is 0 Å². The van der Waals surface area contributed by atoms with Gasteiger partial charge in [-0.3, -0.25) is 0 Å². The number of benzene rings is 1. The van der Waals surface area contributed by atoms with E-state index >= 15 is 0 Å². The molecule has 1 fully saturated rings. The molecular formula is C22H33IN6O2. The van der Waals surface area contributed by atoms with Crippen molar-refractivity contribution in [3.63, 3.8) is 0 Å². The van der Waals surface area contributed by atoms with Crippen LogP contribution in [0, 0.1) is 6.92 Å². The topological polar surface area (TPSA) is 85.6 Å². The molecule has 0 amide bonds. The number of methoxy groups -OCH3 is 1. The Morgan fingerprint density at radius 3 is 2.77 bits per heavy atom. The van der Waals surface area contributed by atoms with Crippen molar-refractivity contribution in [2.75, 3.05) is 20.3 Å². The zero-order chi connectivity index (χ0) is 21.0. The van der Waals surface area contributed by atoms with Gasteiger partial charge in [0.05, 0.1) is 12.6 Å². The number of para-hydroxylation sites is 1. The summed E-state index contributed by atoms with van der Waals surface area (Å²) in [6.07, 6.45) is 5.63. The smallest absolute Gasteiger partial charge is 0.192 e. The van der Waals surface area contributed by atoms with Gasteiger partial charge in [-0.05, 0) is 38.7 Å². The van der Waals surface area contributed by atoms with E-state index in [0.29, 0.717) is 19.7 Å². The van der Waals surface area contributed by atoms with Gasteiger partial charge in [-0.2, -0.15) is 0 Å². The van der Waals surface area contributed by atoms with Crippen molar-refractivity contribution in [3.05, 3.63) is 41.5 Å². The summed E-state index contributed by atoms with van der Waals surface area (Å²) in [4.78, 5) is 4.80. The molecule has 0 radical (unpaired) electrons. The summed E-state index contributed by atoms with van der Waals surface area (Å²) in [5.74, 6) is 3.45. The molecule has 1 aromatic heterocycles. The number of hydrogen-bond acceptors (Lipinski definition) is 5. The number of nitrogens with one attached hydrogen (secondary N) is 2. The summed E-state index contributed by atoms with van der Waals surface area (Å²) in [6.45, 7) is 3.68. The Balaban J connectivity index is 0.00000272. The van der Waals surface area contributed by atoms with Gasteiger partial charge in [0.25, 0.3) is 0 Å². The Labute approximate surface area is 201 Å². The fourth-order valence-electron chi connectivity index (χ4n) is 4.40. The van der Waals surface area contributed by atoms with Gasteiger partial charge in [-0.15, -0.1) is 34.2 Å². The van der Waals surface area contributed by atoms with Crippen LogP contribution in [0.15, 0.2) is 29.3 Å². The van der Waals surface area contributed by atoms with Crippen molar-refractivity contribution >= 4 is 29.9 Å². The van der Waals surface area contributed by atoms with E-state index in [1.54, 1.807) is 7.11 Å². The zero-order valence-electron chi connectivity index (χ0n) is 18.6. The number of aryl methyl sites for hydroxylation is 1. The molecule has 1 unspecified atom stereocenters. The minimum absolute atomic E-state index is 0. The quantitative estimate of drug-likeness (QED) is 0.253. The Hall–Kier alpha value is -1.88. The molecule has 2 N–H and O–H groups in total. The van der Waals surface area contributed by atoms with E-state index in [-0.39, 0.29) is 35.6 Å². The van der Waals surface area contributed by atoms with Crippen molar-refractivity contribution in [3.8, 4) is 5.75 Å². The highest BCUT2D eigenvalue weighted by atomic mass is 127. The number of halogens is 1. The Morgan fingerprint density at radius 1 is 1.29 bits per heavy atom. The van der Waals surface area contributed by atoms with Crippen molar-refractivity contribution in [1.29, 1.82) is 0 Å². The second-order valence-corrected chi connectivity index (χ2v) is 8.24. The zero-order valence-corrected chi connectivity index (χ0v) is 20.9. The van der Waals surface area contributed by atoms with Gasteiger partial charge in [0.1, 0.15) is 23.7 Å². The maximum Gasteiger partial charge on any atom is 0.192 e. The number of nitrogens with zero attached hydrogens (tertiary/aromatic N) is 4. The molecule has 0 saturated heterocycles. The number of fused-ring (bicyclic) bond motifs is 1. The summed E-state index contributed by atoms with van der Waals surface area (Å²) in [7, 11) is 3.66. The number of rotatable bonds is 6. The molecule has 0 bridgehead atoms. The number of aliphatic imine (C=N–C) groups is 1. The van der Waals surface area contributed by atoms with Crippen LogP contribution in [0.25, 0.3) is 0 Å². The molecule has 2 heterocycles. The van der Waals surface area contributed by atoms with E-state index in [2.05, 4.69) is 39.0 Å². The van der Waals surface area contributed by atoms with Crippen LogP contribution in [-0.4, -0.2) is 46.6 Å². The van der Waals surface area contributed by atoms with Crippen LogP contribution in [-0.2, 0) is 18.3 Å². The summed E-state index contributed by atoms with van der Waals surface area (Å²) < 4.78 is 13.7. The van der Waals surface area contributed by atoms with Crippen molar-refractivity contribution in [2.24, 2.45) is 12.0 Å². The van der Waals surface area contributed by atoms with Crippen LogP contribution >= 0.6 is 24.0 Å². The molecule has 9 heteroatoms. The summed E-state index contributed by atoms with van der Waals surface area (Å²) in [5, 5.41) is 15.4. The van der Waals surface area contributed by atoms with Gasteiger partial charge in [0, 0.05) is 32.7 Å². The number of ether oxygens (including phenoxy) is 2. The molecule has 4 rings (SSSR count). The molecule has 1 atom stereocenters. The third kappa shape index (κ3) is 5.49. The van der Waals surface area contributed by atoms with Crippen molar-refractivity contribution in [1.82, 2.24) is 25.4 Å². The SMILES string of the molecule is COCCNC(=NCc1nnc(C)n1C)NC1CC2(CCCC2)Oc2ccccc21.I. The van der Waals surface area contributed by atoms with E-state index in [1.165, 1.54) is 18.4 Å².